The van der Waals surface area contributed by atoms with Gasteiger partial charge in [-0.05, 0) is 44.2 Å². The molecule has 0 N–H and O–H groups in total. The Morgan fingerprint density at radius 3 is 2.76 bits per heavy atom. The lowest BCUT2D eigenvalue weighted by molar-refractivity contribution is 0.826. The fourth-order valence-corrected chi connectivity index (χ4v) is 3.69. The van der Waals surface area contributed by atoms with Gasteiger partial charge in [-0.2, -0.15) is 5.10 Å². The largest absolute Gasteiger partial charge is 0.258 e. The van der Waals surface area contributed by atoms with Crippen LogP contribution in [-0.4, -0.2) is 21.9 Å². The first-order chi connectivity index (χ1) is 12.1. The van der Waals surface area contributed by atoms with Gasteiger partial charge in [0.2, 0.25) is 4.80 Å². The highest BCUT2D eigenvalue weighted by molar-refractivity contribution is 7.07. The summed E-state index contributed by atoms with van der Waals surface area (Å²) < 4.78 is 1.81. The SMILES string of the molecule is CCN=c1scc(-c2ccc(Cl)cc2Cl)n1N=C(C)c1ccccn1. The van der Waals surface area contributed by atoms with Gasteiger partial charge in [-0.3, -0.25) is 9.98 Å². The van der Waals surface area contributed by atoms with Crippen molar-refractivity contribution in [2.24, 2.45) is 10.1 Å². The summed E-state index contributed by atoms with van der Waals surface area (Å²) in [5.41, 5.74) is 3.34. The van der Waals surface area contributed by atoms with E-state index in [0.29, 0.717) is 16.6 Å². The van der Waals surface area contributed by atoms with Gasteiger partial charge in [-0.15, -0.1) is 11.3 Å². The number of hydrogen-bond donors (Lipinski definition) is 0. The lowest BCUT2D eigenvalue weighted by atomic mass is 10.2. The molecule has 0 fully saturated rings. The van der Waals surface area contributed by atoms with Crippen LogP contribution in [0.2, 0.25) is 10.0 Å². The maximum atomic E-state index is 6.39. The van der Waals surface area contributed by atoms with Crippen molar-refractivity contribution in [1.82, 2.24) is 9.66 Å². The maximum absolute atomic E-state index is 6.39. The number of nitrogens with zero attached hydrogens (tertiary/aromatic N) is 4. The minimum absolute atomic E-state index is 0.577. The highest BCUT2D eigenvalue weighted by atomic mass is 35.5. The first-order valence-electron chi connectivity index (χ1n) is 7.73. The molecule has 0 amide bonds. The number of aromatic nitrogens is 2. The summed E-state index contributed by atoms with van der Waals surface area (Å²) in [5.74, 6) is 0. The van der Waals surface area contributed by atoms with E-state index in [4.69, 9.17) is 28.3 Å². The Morgan fingerprint density at radius 2 is 2.08 bits per heavy atom. The molecule has 0 aliphatic heterocycles. The Labute approximate surface area is 160 Å². The smallest absolute Gasteiger partial charge is 0.206 e. The van der Waals surface area contributed by atoms with Gasteiger partial charge in [-0.1, -0.05) is 29.3 Å². The molecule has 0 spiro atoms. The van der Waals surface area contributed by atoms with Crippen molar-refractivity contribution < 1.29 is 0 Å². The van der Waals surface area contributed by atoms with E-state index in [0.717, 1.165) is 27.5 Å². The molecular weight excluding hydrogens is 375 g/mol. The molecule has 0 unspecified atom stereocenters. The molecule has 0 aliphatic carbocycles. The molecule has 3 rings (SSSR count). The van der Waals surface area contributed by atoms with Crippen LogP contribution in [0.25, 0.3) is 11.3 Å². The van der Waals surface area contributed by atoms with Gasteiger partial charge in [0.15, 0.2) is 0 Å². The van der Waals surface area contributed by atoms with Crippen molar-refractivity contribution in [2.45, 2.75) is 13.8 Å². The van der Waals surface area contributed by atoms with E-state index in [-0.39, 0.29) is 0 Å². The standard InChI is InChI=1S/C18H16Cl2N4S/c1-3-21-18-24(23-12(2)16-6-4-5-9-22-16)17(11-25-18)14-8-7-13(19)10-15(14)20/h4-11H,3H2,1-2H3. The van der Waals surface area contributed by atoms with Crippen LogP contribution in [0.4, 0.5) is 0 Å². The summed E-state index contributed by atoms with van der Waals surface area (Å²) >= 11 is 13.9. The van der Waals surface area contributed by atoms with Crippen molar-refractivity contribution in [3.05, 3.63) is 68.5 Å². The maximum Gasteiger partial charge on any atom is 0.206 e. The molecule has 2 heterocycles. The zero-order valence-corrected chi connectivity index (χ0v) is 16.1. The molecule has 0 saturated heterocycles. The van der Waals surface area contributed by atoms with Crippen molar-refractivity contribution in [3.8, 4) is 11.3 Å². The van der Waals surface area contributed by atoms with Crippen LogP contribution in [0.1, 0.15) is 19.5 Å². The molecule has 0 radical (unpaired) electrons. The lowest BCUT2D eigenvalue weighted by Crippen LogP contribution is -2.15. The Hall–Kier alpha value is -1.95. The van der Waals surface area contributed by atoms with Crippen LogP contribution in [0, 0.1) is 0 Å². The summed E-state index contributed by atoms with van der Waals surface area (Å²) in [4.78, 5) is 9.69. The van der Waals surface area contributed by atoms with E-state index >= 15 is 0 Å². The number of rotatable bonds is 4. The quantitative estimate of drug-likeness (QED) is 0.570. The van der Waals surface area contributed by atoms with Gasteiger partial charge in [-0.25, -0.2) is 4.68 Å². The summed E-state index contributed by atoms with van der Waals surface area (Å²) in [6.45, 7) is 4.59. The molecule has 1 aromatic carbocycles. The number of hydrogen-bond acceptors (Lipinski definition) is 4. The van der Waals surface area contributed by atoms with Crippen molar-refractivity contribution >= 4 is 40.3 Å². The fraction of sp³-hybridized carbons (Fsp3) is 0.167. The molecule has 7 heteroatoms. The second-order valence-corrected chi connectivity index (χ2v) is 6.89. The first kappa shape index (κ1) is 17.9. The summed E-state index contributed by atoms with van der Waals surface area (Å²) in [6, 6.07) is 11.2. The number of benzene rings is 1. The van der Waals surface area contributed by atoms with E-state index in [9.17, 15) is 0 Å². The molecule has 0 saturated carbocycles. The van der Waals surface area contributed by atoms with E-state index in [1.165, 1.54) is 11.3 Å². The molecule has 128 valence electrons. The predicted molar refractivity (Wildman–Crippen MR) is 106 cm³/mol. The normalized spacial score (nSPS) is 12.6. The average molecular weight is 391 g/mol. The van der Waals surface area contributed by atoms with E-state index in [2.05, 4.69) is 9.98 Å². The Bertz CT molecular complexity index is 974. The Kier molecular flexibility index (Phi) is 5.68. The molecular formula is C18H16Cl2N4S. The summed E-state index contributed by atoms with van der Waals surface area (Å²) in [7, 11) is 0. The third-order valence-corrected chi connectivity index (χ3v) is 4.87. The van der Waals surface area contributed by atoms with E-state index in [1.54, 1.807) is 12.3 Å². The lowest BCUT2D eigenvalue weighted by Gasteiger charge is -2.07. The molecule has 4 nitrogen and oxygen atoms in total. The highest BCUT2D eigenvalue weighted by Crippen LogP contribution is 2.30. The first-order valence-corrected chi connectivity index (χ1v) is 9.37. The zero-order valence-electron chi connectivity index (χ0n) is 13.8. The van der Waals surface area contributed by atoms with E-state index < -0.39 is 0 Å². The highest BCUT2D eigenvalue weighted by Gasteiger charge is 2.12. The van der Waals surface area contributed by atoms with Crippen LogP contribution in [0.15, 0.2) is 58.1 Å². The van der Waals surface area contributed by atoms with Crippen LogP contribution in [0.3, 0.4) is 0 Å². The minimum atomic E-state index is 0.577. The average Bonchev–Trinajstić information content (AvgIpc) is 2.98. The van der Waals surface area contributed by atoms with Crippen LogP contribution in [0.5, 0.6) is 0 Å². The number of thiazole rings is 1. The second-order valence-electron chi connectivity index (χ2n) is 5.21. The molecule has 3 aromatic rings. The van der Waals surface area contributed by atoms with Crippen molar-refractivity contribution in [1.29, 1.82) is 0 Å². The van der Waals surface area contributed by atoms with Gasteiger partial charge in [0.25, 0.3) is 0 Å². The molecule has 0 aliphatic rings. The Balaban J connectivity index is 2.18. The molecule has 25 heavy (non-hydrogen) atoms. The minimum Gasteiger partial charge on any atom is -0.258 e. The molecule has 2 aromatic heterocycles. The van der Waals surface area contributed by atoms with Gasteiger partial charge < -0.3 is 0 Å². The van der Waals surface area contributed by atoms with Gasteiger partial charge in [0.05, 0.1) is 22.1 Å². The molecule has 0 atom stereocenters. The Morgan fingerprint density at radius 1 is 1.24 bits per heavy atom. The van der Waals surface area contributed by atoms with Gasteiger partial charge in [0.1, 0.15) is 0 Å². The topological polar surface area (TPSA) is 42.5 Å². The van der Waals surface area contributed by atoms with E-state index in [1.807, 2.05) is 54.2 Å². The third kappa shape index (κ3) is 4.00. The third-order valence-electron chi connectivity index (χ3n) is 3.47. The summed E-state index contributed by atoms with van der Waals surface area (Å²) in [5, 5.41) is 7.92. The monoisotopic (exact) mass is 390 g/mol. The number of pyridine rings is 1. The molecule has 0 bridgehead atoms. The van der Waals surface area contributed by atoms with Gasteiger partial charge in [0, 0.05) is 28.7 Å². The number of halogens is 2. The van der Waals surface area contributed by atoms with Crippen LogP contribution < -0.4 is 4.80 Å². The second kappa shape index (κ2) is 7.95. The predicted octanol–water partition coefficient (Wildman–Crippen LogP) is 5.11. The zero-order chi connectivity index (χ0) is 17.8. The van der Waals surface area contributed by atoms with Gasteiger partial charge >= 0.3 is 0 Å². The van der Waals surface area contributed by atoms with Crippen molar-refractivity contribution in [3.63, 3.8) is 0 Å². The summed E-state index contributed by atoms with van der Waals surface area (Å²) in [6.07, 6.45) is 1.75. The van der Waals surface area contributed by atoms with Crippen molar-refractivity contribution in [2.75, 3.05) is 6.54 Å². The fourth-order valence-electron chi connectivity index (χ4n) is 2.30. The van der Waals surface area contributed by atoms with Crippen LogP contribution >= 0.6 is 34.5 Å². The van der Waals surface area contributed by atoms with Crippen LogP contribution in [-0.2, 0) is 0 Å².